The van der Waals surface area contributed by atoms with E-state index in [1.165, 1.54) is 35.6 Å². The van der Waals surface area contributed by atoms with Crippen LogP contribution in [-0.4, -0.2) is 34.2 Å². The second-order valence-corrected chi connectivity index (χ2v) is 7.45. The van der Waals surface area contributed by atoms with Crippen molar-refractivity contribution in [2.24, 2.45) is 5.10 Å². The second kappa shape index (κ2) is 7.95. The fraction of sp³-hybridized carbons (Fsp3) is 0.421. The van der Waals surface area contributed by atoms with Crippen LogP contribution in [0.15, 0.2) is 34.7 Å². The zero-order chi connectivity index (χ0) is 18.7. The lowest BCUT2D eigenvalue weighted by Crippen LogP contribution is -2.39. The number of rotatable bonds is 4. The fourth-order valence-corrected chi connectivity index (χ4v) is 4.07. The first kappa shape index (κ1) is 18.5. The van der Waals surface area contributed by atoms with Gasteiger partial charge in [0.15, 0.2) is 5.13 Å². The number of nitrogens with zero attached hydrogens (tertiary/aromatic N) is 4. The van der Waals surface area contributed by atoms with Crippen LogP contribution >= 0.6 is 11.3 Å². The Morgan fingerprint density at radius 2 is 2.04 bits per heavy atom. The van der Waals surface area contributed by atoms with Gasteiger partial charge in [0.05, 0.1) is 17.6 Å². The van der Waals surface area contributed by atoms with E-state index < -0.39 is 5.82 Å². The number of carbonyl (C=O) groups is 1. The lowest BCUT2D eigenvalue weighted by Gasteiger charge is -2.36. The Kier molecular flexibility index (Phi) is 5.66. The van der Waals surface area contributed by atoms with Crippen LogP contribution in [0.25, 0.3) is 0 Å². The predicted octanol–water partition coefficient (Wildman–Crippen LogP) is 4.56. The number of benzene rings is 1. The number of aromatic nitrogens is 1. The molecule has 0 aliphatic carbocycles. The lowest BCUT2D eigenvalue weighted by atomic mass is 10.00. The molecule has 1 aliphatic heterocycles. The van der Waals surface area contributed by atoms with E-state index >= 15 is 0 Å². The first-order chi connectivity index (χ1) is 12.5. The average Bonchev–Trinajstić information content (AvgIpc) is 3.04. The highest BCUT2D eigenvalue weighted by Gasteiger charge is 2.23. The van der Waals surface area contributed by atoms with Crippen molar-refractivity contribution in [3.8, 4) is 0 Å². The van der Waals surface area contributed by atoms with Gasteiger partial charge in [0.2, 0.25) is 5.91 Å². The number of piperidine rings is 1. The van der Waals surface area contributed by atoms with Crippen LogP contribution in [0.3, 0.4) is 0 Å². The van der Waals surface area contributed by atoms with Crippen LogP contribution in [0.4, 0.5) is 15.2 Å². The third-order valence-corrected chi connectivity index (χ3v) is 5.42. The molecule has 0 bridgehead atoms. The molecule has 2 atom stereocenters. The van der Waals surface area contributed by atoms with E-state index in [9.17, 15) is 9.18 Å². The van der Waals surface area contributed by atoms with Crippen LogP contribution in [0, 0.1) is 5.82 Å². The summed E-state index contributed by atoms with van der Waals surface area (Å²) < 4.78 is 14.1. The maximum absolute atomic E-state index is 14.1. The number of hydrogen-bond donors (Lipinski definition) is 0. The van der Waals surface area contributed by atoms with Crippen molar-refractivity contribution < 1.29 is 9.18 Å². The maximum atomic E-state index is 14.1. The smallest absolute Gasteiger partial charge is 0.230 e. The Labute approximate surface area is 157 Å². The van der Waals surface area contributed by atoms with Gasteiger partial charge in [0, 0.05) is 24.4 Å². The molecule has 138 valence electrons. The highest BCUT2D eigenvalue weighted by Crippen LogP contribution is 2.30. The minimum Gasteiger partial charge on any atom is -0.291 e. The Morgan fingerprint density at radius 3 is 2.69 bits per heavy atom. The largest absolute Gasteiger partial charge is 0.291 e. The number of hydrogen-bond acceptors (Lipinski definition) is 5. The number of para-hydroxylation sites is 1. The summed E-state index contributed by atoms with van der Waals surface area (Å²) in [4.78, 5) is 17.8. The van der Waals surface area contributed by atoms with E-state index in [4.69, 9.17) is 0 Å². The Morgan fingerprint density at radius 1 is 1.35 bits per heavy atom. The SMILES string of the molecule is CC(=O)N(c1nc(/C=N\N2[C@H](C)CCC[C@@H]2C)cs1)c1ccccc1F. The zero-order valence-electron chi connectivity index (χ0n) is 15.2. The highest BCUT2D eigenvalue weighted by molar-refractivity contribution is 7.14. The van der Waals surface area contributed by atoms with E-state index in [2.05, 4.69) is 28.9 Å². The van der Waals surface area contributed by atoms with E-state index in [0.717, 1.165) is 12.8 Å². The van der Waals surface area contributed by atoms with E-state index in [0.29, 0.717) is 22.9 Å². The van der Waals surface area contributed by atoms with Crippen molar-refractivity contribution >= 4 is 34.3 Å². The van der Waals surface area contributed by atoms with Gasteiger partial charge < -0.3 is 0 Å². The molecule has 26 heavy (non-hydrogen) atoms. The van der Waals surface area contributed by atoms with Crippen molar-refractivity contribution in [2.45, 2.75) is 52.1 Å². The molecule has 0 saturated carbocycles. The standard InChI is InChI=1S/C19H23FN4OS/c1-13-7-6-8-14(2)24(13)21-11-16-12-26-19(22-16)23(15(3)25)18-10-5-4-9-17(18)20/h4-5,9-14H,6-8H2,1-3H3/b21-11-/t13-,14+. The molecule has 1 amide bonds. The van der Waals surface area contributed by atoms with Crippen LogP contribution < -0.4 is 4.90 Å². The van der Waals surface area contributed by atoms with Crippen LogP contribution in [-0.2, 0) is 4.79 Å². The van der Waals surface area contributed by atoms with Gasteiger partial charge in [-0.15, -0.1) is 11.3 Å². The predicted molar refractivity (Wildman–Crippen MR) is 104 cm³/mol. The van der Waals surface area contributed by atoms with Crippen molar-refractivity contribution in [1.82, 2.24) is 9.99 Å². The van der Waals surface area contributed by atoms with Crippen molar-refractivity contribution in [3.63, 3.8) is 0 Å². The molecule has 0 N–H and O–H groups in total. The molecule has 7 heteroatoms. The molecule has 2 aromatic rings. The van der Waals surface area contributed by atoms with Crippen LogP contribution in [0.2, 0.25) is 0 Å². The molecule has 2 heterocycles. The maximum Gasteiger partial charge on any atom is 0.230 e. The molecular formula is C19H23FN4OS. The van der Waals surface area contributed by atoms with Crippen LogP contribution in [0.5, 0.6) is 0 Å². The van der Waals surface area contributed by atoms with Gasteiger partial charge in [0.1, 0.15) is 5.82 Å². The molecule has 1 fully saturated rings. The Balaban J connectivity index is 1.83. The number of carbonyl (C=O) groups excluding carboxylic acids is 1. The summed E-state index contributed by atoms with van der Waals surface area (Å²) in [6, 6.07) is 7.01. The molecule has 0 unspecified atom stereocenters. The van der Waals surface area contributed by atoms with Gasteiger partial charge in [-0.2, -0.15) is 5.10 Å². The summed E-state index contributed by atoms with van der Waals surface area (Å²) >= 11 is 1.30. The molecule has 5 nitrogen and oxygen atoms in total. The molecule has 1 aliphatic rings. The topological polar surface area (TPSA) is 48.8 Å². The summed E-state index contributed by atoms with van der Waals surface area (Å²) in [5.74, 6) is -0.740. The van der Waals surface area contributed by atoms with Gasteiger partial charge in [-0.1, -0.05) is 12.1 Å². The summed E-state index contributed by atoms with van der Waals surface area (Å²) in [7, 11) is 0. The first-order valence-corrected chi connectivity index (χ1v) is 9.68. The highest BCUT2D eigenvalue weighted by atomic mass is 32.1. The van der Waals surface area contributed by atoms with E-state index in [1.807, 2.05) is 5.38 Å². The number of hydrazone groups is 1. The number of thiazole rings is 1. The third-order valence-electron chi connectivity index (χ3n) is 4.58. The van der Waals surface area contributed by atoms with Crippen LogP contribution in [0.1, 0.15) is 45.7 Å². The monoisotopic (exact) mass is 374 g/mol. The molecule has 1 saturated heterocycles. The van der Waals surface area contributed by atoms with Crippen molar-refractivity contribution in [2.75, 3.05) is 4.90 Å². The van der Waals surface area contributed by atoms with Gasteiger partial charge in [0.25, 0.3) is 0 Å². The normalized spacial score (nSPS) is 20.5. The first-order valence-electron chi connectivity index (χ1n) is 8.80. The quantitative estimate of drug-likeness (QED) is 0.737. The molecule has 3 rings (SSSR count). The summed E-state index contributed by atoms with van der Waals surface area (Å²) in [5.41, 5.74) is 0.869. The number of anilines is 2. The Bertz CT molecular complexity index is 796. The Hall–Kier alpha value is -2.28. The summed E-state index contributed by atoms with van der Waals surface area (Å²) in [5, 5.41) is 8.97. The average molecular weight is 374 g/mol. The molecule has 1 aromatic heterocycles. The van der Waals surface area contributed by atoms with Gasteiger partial charge in [-0.3, -0.25) is 14.7 Å². The van der Waals surface area contributed by atoms with Gasteiger partial charge in [-0.25, -0.2) is 9.37 Å². The molecule has 0 spiro atoms. The minimum atomic E-state index is -0.455. The molecule has 1 aromatic carbocycles. The summed E-state index contributed by atoms with van der Waals surface area (Å²) in [6.45, 7) is 5.75. The van der Waals surface area contributed by atoms with E-state index in [1.54, 1.807) is 24.4 Å². The van der Waals surface area contributed by atoms with Crippen molar-refractivity contribution in [3.05, 3.63) is 41.2 Å². The van der Waals surface area contributed by atoms with Crippen molar-refractivity contribution in [1.29, 1.82) is 0 Å². The molecular weight excluding hydrogens is 351 g/mol. The molecule has 0 radical (unpaired) electrons. The zero-order valence-corrected chi connectivity index (χ0v) is 16.0. The van der Waals surface area contributed by atoms with Gasteiger partial charge >= 0.3 is 0 Å². The number of halogens is 1. The fourth-order valence-electron chi connectivity index (χ4n) is 3.24. The minimum absolute atomic E-state index is 0.205. The third kappa shape index (κ3) is 3.93. The van der Waals surface area contributed by atoms with E-state index in [-0.39, 0.29) is 11.6 Å². The number of amides is 1. The second-order valence-electron chi connectivity index (χ2n) is 6.61. The lowest BCUT2D eigenvalue weighted by molar-refractivity contribution is -0.115. The van der Waals surface area contributed by atoms with Gasteiger partial charge in [-0.05, 0) is 45.2 Å². The summed E-state index contributed by atoms with van der Waals surface area (Å²) in [6.07, 6.45) is 5.22.